The number of hydrogen-bond acceptors (Lipinski definition) is 3. The van der Waals surface area contributed by atoms with E-state index in [1.165, 1.54) is 54.7 Å². The number of fused-ring (bicyclic) bond motifs is 3. The summed E-state index contributed by atoms with van der Waals surface area (Å²) >= 11 is 3.03. The molecule has 2 aliphatic carbocycles. The zero-order chi connectivity index (χ0) is 14.4. The largest absolute Gasteiger partial charge is 0.306 e. The van der Waals surface area contributed by atoms with Crippen molar-refractivity contribution in [1.29, 1.82) is 0 Å². The molecule has 2 aromatic heterocycles. The minimum Gasteiger partial charge on any atom is -0.306 e. The molecule has 2 heterocycles. The molecule has 0 saturated heterocycles. The molecule has 2 bridgehead atoms. The Balaban J connectivity index is 1.48. The Bertz CT molecular complexity index is 611. The van der Waals surface area contributed by atoms with Gasteiger partial charge in [0.2, 0.25) is 0 Å². The first-order valence-electron chi connectivity index (χ1n) is 8.05. The molecule has 0 aliphatic heterocycles. The first kappa shape index (κ1) is 14.2. The molecule has 2 aliphatic rings. The fourth-order valence-electron chi connectivity index (χ4n) is 4.65. The van der Waals surface area contributed by atoms with E-state index in [4.69, 9.17) is 0 Å². The maximum Gasteiger partial charge on any atom is 0.178 e. The van der Waals surface area contributed by atoms with E-state index in [9.17, 15) is 4.39 Å². The van der Waals surface area contributed by atoms with Gasteiger partial charge in [-0.1, -0.05) is 31.1 Å². The first-order chi connectivity index (χ1) is 10.1. The van der Waals surface area contributed by atoms with E-state index in [1.54, 1.807) is 17.4 Å². The fraction of sp³-hybridized carbons (Fsp3) is 0.647. The molecule has 3 atom stereocenters. The highest BCUT2D eigenvalue weighted by Gasteiger charge is 2.41. The Morgan fingerprint density at radius 2 is 2.24 bits per heavy atom. The molecule has 0 amide bonds. The van der Waals surface area contributed by atoms with Crippen molar-refractivity contribution in [3.63, 3.8) is 0 Å². The van der Waals surface area contributed by atoms with Crippen molar-refractivity contribution in [3.8, 4) is 0 Å². The van der Waals surface area contributed by atoms with Gasteiger partial charge in [-0.2, -0.15) is 4.39 Å². The van der Waals surface area contributed by atoms with Gasteiger partial charge in [-0.05, 0) is 49.7 Å². The molecule has 1 nitrogen and oxygen atoms in total. The topological polar surface area (TPSA) is 12.0 Å². The van der Waals surface area contributed by atoms with Gasteiger partial charge in [0.05, 0.1) is 4.01 Å². The van der Waals surface area contributed by atoms with Crippen LogP contribution < -0.4 is 5.32 Å². The maximum atomic E-state index is 13.2. The molecule has 0 radical (unpaired) electrons. The van der Waals surface area contributed by atoms with Gasteiger partial charge in [-0.15, -0.1) is 11.3 Å². The van der Waals surface area contributed by atoms with Crippen LogP contribution in [0.15, 0.2) is 12.1 Å². The van der Waals surface area contributed by atoms with Gasteiger partial charge in [-0.3, -0.25) is 0 Å². The van der Waals surface area contributed by atoms with Crippen molar-refractivity contribution in [2.24, 2.45) is 11.8 Å². The lowest BCUT2D eigenvalue weighted by molar-refractivity contribution is 0.0828. The van der Waals surface area contributed by atoms with Gasteiger partial charge in [0.1, 0.15) is 0 Å². The predicted molar refractivity (Wildman–Crippen MR) is 89.6 cm³/mol. The zero-order valence-corrected chi connectivity index (χ0v) is 14.1. The van der Waals surface area contributed by atoms with Crippen molar-refractivity contribution in [1.82, 2.24) is 5.32 Å². The summed E-state index contributed by atoms with van der Waals surface area (Å²) in [5.74, 6) is 1.80. The zero-order valence-electron chi connectivity index (χ0n) is 12.5. The van der Waals surface area contributed by atoms with Crippen molar-refractivity contribution in [3.05, 3.63) is 22.1 Å². The summed E-state index contributed by atoms with van der Waals surface area (Å²) in [6.45, 7) is 3.37. The predicted octanol–water partition coefficient (Wildman–Crippen LogP) is 5.55. The van der Waals surface area contributed by atoms with E-state index in [0.29, 0.717) is 5.54 Å². The summed E-state index contributed by atoms with van der Waals surface area (Å²) in [4.78, 5) is 1.35. The van der Waals surface area contributed by atoms with E-state index in [0.717, 1.165) is 27.8 Å². The number of nitrogens with one attached hydrogen (secondary N) is 1. The van der Waals surface area contributed by atoms with E-state index >= 15 is 0 Å². The van der Waals surface area contributed by atoms with Crippen LogP contribution >= 0.6 is 22.7 Å². The Morgan fingerprint density at radius 1 is 1.33 bits per heavy atom. The second-order valence-electron chi connectivity index (χ2n) is 7.15. The molecule has 114 valence electrons. The minimum atomic E-state index is -0.0643. The highest BCUT2D eigenvalue weighted by Crippen LogP contribution is 2.45. The Morgan fingerprint density at radius 3 is 3.10 bits per heavy atom. The van der Waals surface area contributed by atoms with Crippen molar-refractivity contribution in [2.45, 2.75) is 57.5 Å². The highest BCUT2D eigenvalue weighted by atomic mass is 32.2. The van der Waals surface area contributed by atoms with E-state index < -0.39 is 0 Å². The summed E-state index contributed by atoms with van der Waals surface area (Å²) in [6, 6.07) is 3.83. The Labute approximate surface area is 133 Å². The van der Waals surface area contributed by atoms with Crippen LogP contribution in [0.5, 0.6) is 0 Å². The first-order valence-corrected chi connectivity index (χ1v) is 9.68. The molecule has 0 aromatic carbocycles. The normalized spacial score (nSPS) is 32.7. The molecule has 1 N–H and O–H groups in total. The monoisotopic (exact) mass is 323 g/mol. The van der Waals surface area contributed by atoms with Crippen LogP contribution in [0, 0.1) is 17.0 Å². The van der Waals surface area contributed by atoms with Gasteiger partial charge in [0, 0.05) is 22.3 Å². The number of thiophene rings is 2. The summed E-state index contributed by atoms with van der Waals surface area (Å²) in [7, 11) is 0. The fourth-order valence-corrected chi connectivity index (χ4v) is 6.78. The van der Waals surface area contributed by atoms with Crippen LogP contribution in [-0.2, 0) is 6.54 Å². The summed E-state index contributed by atoms with van der Waals surface area (Å²) in [5, 5.41) is 4.91. The molecule has 2 fully saturated rings. The lowest BCUT2D eigenvalue weighted by Gasteiger charge is -2.48. The van der Waals surface area contributed by atoms with Crippen LogP contribution in [0.3, 0.4) is 0 Å². The van der Waals surface area contributed by atoms with Gasteiger partial charge < -0.3 is 5.32 Å². The van der Waals surface area contributed by atoms with Crippen molar-refractivity contribution >= 4 is 32.1 Å². The molecule has 4 heteroatoms. The lowest BCUT2D eigenvalue weighted by atomic mass is 9.64. The molecule has 0 spiro atoms. The third-order valence-electron chi connectivity index (χ3n) is 5.29. The SMILES string of the molecule is CC1CC2CCCC(NCc3cc4cc(F)sc4s3)(C1)C2. The van der Waals surface area contributed by atoms with Crippen LogP contribution in [0.4, 0.5) is 4.39 Å². The molecule has 2 aromatic rings. The van der Waals surface area contributed by atoms with Gasteiger partial charge in [0.25, 0.3) is 0 Å². The summed E-state index contributed by atoms with van der Waals surface area (Å²) in [5.41, 5.74) is 0.378. The van der Waals surface area contributed by atoms with E-state index in [-0.39, 0.29) is 5.13 Å². The van der Waals surface area contributed by atoms with E-state index in [1.807, 2.05) is 0 Å². The molecular weight excluding hydrogens is 301 g/mol. The molecule has 3 unspecified atom stereocenters. The number of halogens is 1. The summed E-state index contributed by atoms with van der Waals surface area (Å²) in [6.07, 6.45) is 8.28. The van der Waals surface area contributed by atoms with Crippen LogP contribution in [0.2, 0.25) is 0 Å². The van der Waals surface area contributed by atoms with Gasteiger partial charge >= 0.3 is 0 Å². The van der Waals surface area contributed by atoms with Crippen LogP contribution in [0.25, 0.3) is 9.40 Å². The van der Waals surface area contributed by atoms with Gasteiger partial charge in [-0.25, -0.2) is 0 Å². The average Bonchev–Trinajstić information content (AvgIpc) is 2.92. The third-order valence-corrected chi connectivity index (χ3v) is 7.47. The lowest BCUT2D eigenvalue weighted by Crippen LogP contribution is -2.52. The number of hydrogen-bond donors (Lipinski definition) is 1. The molecule has 21 heavy (non-hydrogen) atoms. The Hall–Kier alpha value is -0.450. The second-order valence-corrected chi connectivity index (χ2v) is 9.54. The van der Waals surface area contributed by atoms with Crippen LogP contribution in [0.1, 0.15) is 50.3 Å². The van der Waals surface area contributed by atoms with Gasteiger partial charge in [0.15, 0.2) is 5.13 Å². The molecular formula is C17H22FNS2. The highest BCUT2D eigenvalue weighted by molar-refractivity contribution is 7.37. The third kappa shape index (κ3) is 2.78. The van der Waals surface area contributed by atoms with Crippen molar-refractivity contribution < 1.29 is 4.39 Å². The maximum absolute atomic E-state index is 13.2. The van der Waals surface area contributed by atoms with E-state index in [2.05, 4.69) is 18.3 Å². The quantitative estimate of drug-likeness (QED) is 0.781. The number of rotatable bonds is 3. The standard InChI is InChI=1S/C17H22FNS2/c1-11-5-12-3-2-4-17(8-11,9-12)19-10-14-6-13-7-15(18)21-16(13)20-14/h6-7,11-12,19H,2-5,8-10H2,1H3. The van der Waals surface area contributed by atoms with Crippen LogP contribution in [-0.4, -0.2) is 5.54 Å². The molecule has 4 rings (SSSR count). The second kappa shape index (κ2) is 5.32. The summed E-state index contributed by atoms with van der Waals surface area (Å²) < 4.78 is 14.3. The smallest absolute Gasteiger partial charge is 0.178 e. The average molecular weight is 324 g/mol. The molecule has 2 saturated carbocycles. The Kier molecular flexibility index (Phi) is 3.59. The minimum absolute atomic E-state index is 0.0643. The van der Waals surface area contributed by atoms with Crippen molar-refractivity contribution in [2.75, 3.05) is 0 Å².